The molecule has 2 atom stereocenters. The van der Waals surface area contributed by atoms with Crippen LogP contribution in [0.1, 0.15) is 30.8 Å². The number of hydrogen-bond acceptors (Lipinski definition) is 4. The second kappa shape index (κ2) is 5.34. The Morgan fingerprint density at radius 2 is 2.22 bits per heavy atom. The van der Waals surface area contributed by atoms with Gasteiger partial charge in [0.1, 0.15) is 11.0 Å². The molecule has 18 heavy (non-hydrogen) atoms. The number of amides is 2. The normalized spacial score (nSPS) is 17.8. The minimum absolute atomic E-state index is 0.0726. The lowest BCUT2D eigenvalue weighted by atomic mass is 10.2. The quantitative estimate of drug-likeness (QED) is 0.752. The summed E-state index contributed by atoms with van der Waals surface area (Å²) in [6.07, 6.45) is 3.39. The van der Waals surface area contributed by atoms with Crippen molar-refractivity contribution in [3.05, 3.63) is 16.6 Å². The minimum Gasteiger partial charge on any atom is -0.480 e. The molecule has 0 aliphatic heterocycles. The summed E-state index contributed by atoms with van der Waals surface area (Å²) in [5.74, 6) is -0.905. The van der Waals surface area contributed by atoms with Crippen molar-refractivity contribution in [2.75, 3.05) is 0 Å². The van der Waals surface area contributed by atoms with Crippen molar-refractivity contribution < 1.29 is 14.7 Å². The highest BCUT2D eigenvalue weighted by Gasteiger charge is 2.37. The molecule has 1 aromatic rings. The molecule has 0 aromatic carbocycles. The Morgan fingerprint density at radius 1 is 1.50 bits per heavy atom. The van der Waals surface area contributed by atoms with Crippen LogP contribution in [-0.2, 0) is 4.79 Å². The molecule has 0 bridgehead atoms. The van der Waals surface area contributed by atoms with E-state index in [9.17, 15) is 9.59 Å². The molecular formula is C11H15N3O3S. The van der Waals surface area contributed by atoms with E-state index in [1.807, 2.05) is 12.3 Å². The van der Waals surface area contributed by atoms with Crippen LogP contribution in [0.3, 0.4) is 0 Å². The van der Waals surface area contributed by atoms with Crippen molar-refractivity contribution in [3.63, 3.8) is 0 Å². The summed E-state index contributed by atoms with van der Waals surface area (Å²) in [6.45, 7) is 1.81. The number of aromatic nitrogens is 1. The molecule has 1 fully saturated rings. The number of carbonyl (C=O) groups is 2. The van der Waals surface area contributed by atoms with E-state index in [0.717, 1.165) is 17.8 Å². The Morgan fingerprint density at radius 3 is 2.72 bits per heavy atom. The topological polar surface area (TPSA) is 91.3 Å². The molecular weight excluding hydrogens is 254 g/mol. The van der Waals surface area contributed by atoms with Gasteiger partial charge in [0.2, 0.25) is 0 Å². The lowest BCUT2D eigenvalue weighted by Crippen LogP contribution is -2.47. The van der Waals surface area contributed by atoms with E-state index in [1.54, 1.807) is 6.20 Å². The third kappa shape index (κ3) is 3.19. The molecule has 0 saturated heterocycles. The number of carboxylic acids is 1. The van der Waals surface area contributed by atoms with Gasteiger partial charge in [0.05, 0.1) is 6.04 Å². The average Bonchev–Trinajstić information content (AvgIpc) is 2.98. The molecule has 2 unspecified atom stereocenters. The van der Waals surface area contributed by atoms with Crippen LogP contribution in [0, 0.1) is 5.92 Å². The van der Waals surface area contributed by atoms with Gasteiger partial charge >= 0.3 is 12.0 Å². The number of hydrogen-bond donors (Lipinski definition) is 3. The summed E-state index contributed by atoms with van der Waals surface area (Å²) in [6, 6.07) is -1.47. The van der Waals surface area contributed by atoms with Crippen molar-refractivity contribution in [2.24, 2.45) is 5.92 Å². The molecule has 2 rings (SSSR count). The van der Waals surface area contributed by atoms with Crippen molar-refractivity contribution in [2.45, 2.75) is 31.8 Å². The van der Waals surface area contributed by atoms with Crippen molar-refractivity contribution in [3.8, 4) is 0 Å². The summed E-state index contributed by atoms with van der Waals surface area (Å²) in [7, 11) is 0. The zero-order valence-corrected chi connectivity index (χ0v) is 10.7. The summed E-state index contributed by atoms with van der Waals surface area (Å²) in [5, 5.41) is 16.8. The monoisotopic (exact) mass is 269 g/mol. The van der Waals surface area contributed by atoms with Crippen LogP contribution in [-0.4, -0.2) is 28.1 Å². The number of rotatable bonds is 5. The highest BCUT2D eigenvalue weighted by molar-refractivity contribution is 7.09. The first-order chi connectivity index (χ1) is 8.58. The average molecular weight is 269 g/mol. The maximum absolute atomic E-state index is 11.7. The van der Waals surface area contributed by atoms with Crippen LogP contribution < -0.4 is 10.6 Å². The van der Waals surface area contributed by atoms with Crippen LogP contribution in [0.5, 0.6) is 0 Å². The highest BCUT2D eigenvalue weighted by atomic mass is 32.1. The maximum Gasteiger partial charge on any atom is 0.326 e. The molecule has 3 N–H and O–H groups in total. The molecule has 1 aromatic heterocycles. The van der Waals surface area contributed by atoms with Crippen molar-refractivity contribution >= 4 is 23.3 Å². The summed E-state index contributed by atoms with van der Waals surface area (Å²) >= 11 is 1.45. The van der Waals surface area contributed by atoms with E-state index in [2.05, 4.69) is 15.6 Å². The van der Waals surface area contributed by atoms with Gasteiger partial charge in [-0.25, -0.2) is 14.6 Å². The SMILES string of the molecule is CC(NC(=O)NC(C(=O)O)C1CC1)c1nccs1. The van der Waals surface area contributed by atoms with Crippen LogP contribution in [0.4, 0.5) is 4.79 Å². The van der Waals surface area contributed by atoms with E-state index in [1.165, 1.54) is 11.3 Å². The molecule has 0 spiro atoms. The fourth-order valence-electron chi connectivity index (χ4n) is 1.70. The Kier molecular flexibility index (Phi) is 3.81. The van der Waals surface area contributed by atoms with E-state index in [0.29, 0.717) is 0 Å². The Bertz CT molecular complexity index is 431. The lowest BCUT2D eigenvalue weighted by molar-refractivity contribution is -0.139. The van der Waals surface area contributed by atoms with Gasteiger partial charge in [0.15, 0.2) is 0 Å². The second-order valence-corrected chi connectivity index (χ2v) is 5.29. The fourth-order valence-corrected chi connectivity index (χ4v) is 2.35. The van der Waals surface area contributed by atoms with Crippen LogP contribution in [0.15, 0.2) is 11.6 Å². The number of urea groups is 1. The summed E-state index contributed by atoms with van der Waals surface area (Å²) < 4.78 is 0. The van der Waals surface area contributed by atoms with E-state index in [4.69, 9.17) is 5.11 Å². The molecule has 1 aliphatic carbocycles. The largest absolute Gasteiger partial charge is 0.480 e. The van der Waals surface area contributed by atoms with E-state index >= 15 is 0 Å². The smallest absolute Gasteiger partial charge is 0.326 e. The van der Waals surface area contributed by atoms with Gasteiger partial charge in [-0.15, -0.1) is 11.3 Å². The van der Waals surface area contributed by atoms with Crippen LogP contribution in [0.25, 0.3) is 0 Å². The van der Waals surface area contributed by atoms with Crippen molar-refractivity contribution in [1.29, 1.82) is 0 Å². The van der Waals surface area contributed by atoms with E-state index < -0.39 is 18.0 Å². The van der Waals surface area contributed by atoms with Gasteiger partial charge < -0.3 is 15.7 Å². The summed E-state index contributed by atoms with van der Waals surface area (Å²) in [4.78, 5) is 26.8. The second-order valence-electron chi connectivity index (χ2n) is 4.36. The Labute approximate surface area is 108 Å². The number of aliphatic carboxylic acids is 1. The molecule has 1 aliphatic rings. The molecule has 1 heterocycles. The van der Waals surface area contributed by atoms with Gasteiger partial charge in [-0.1, -0.05) is 0 Å². The number of thiazole rings is 1. The lowest BCUT2D eigenvalue weighted by Gasteiger charge is -2.16. The maximum atomic E-state index is 11.7. The predicted octanol–water partition coefficient (Wildman–Crippen LogP) is 1.37. The predicted molar refractivity (Wildman–Crippen MR) is 66.3 cm³/mol. The number of nitrogens with zero attached hydrogens (tertiary/aromatic N) is 1. The highest BCUT2D eigenvalue weighted by Crippen LogP contribution is 2.32. The van der Waals surface area contributed by atoms with E-state index in [-0.39, 0.29) is 12.0 Å². The number of nitrogens with one attached hydrogen (secondary N) is 2. The molecule has 7 heteroatoms. The van der Waals surface area contributed by atoms with Gasteiger partial charge in [-0.05, 0) is 25.7 Å². The standard InChI is InChI=1S/C11H15N3O3S/c1-6(9-12-4-5-18-9)13-11(17)14-8(10(15)16)7-2-3-7/h4-8H,2-3H2,1H3,(H,15,16)(H2,13,14,17). The minimum atomic E-state index is -0.977. The van der Waals surface area contributed by atoms with Gasteiger partial charge in [-0.2, -0.15) is 0 Å². The summed E-state index contributed by atoms with van der Waals surface area (Å²) in [5.41, 5.74) is 0. The Balaban J connectivity index is 1.86. The number of carboxylic acid groups (broad SMARTS) is 1. The molecule has 98 valence electrons. The first-order valence-electron chi connectivity index (χ1n) is 5.77. The third-order valence-electron chi connectivity index (χ3n) is 2.82. The van der Waals surface area contributed by atoms with Crippen LogP contribution in [0.2, 0.25) is 0 Å². The van der Waals surface area contributed by atoms with Crippen molar-refractivity contribution in [1.82, 2.24) is 15.6 Å². The van der Waals surface area contributed by atoms with Crippen LogP contribution >= 0.6 is 11.3 Å². The zero-order chi connectivity index (χ0) is 13.1. The third-order valence-corrected chi connectivity index (χ3v) is 3.77. The molecule has 6 nitrogen and oxygen atoms in total. The fraction of sp³-hybridized carbons (Fsp3) is 0.545. The first kappa shape index (κ1) is 12.8. The van der Waals surface area contributed by atoms with Gasteiger partial charge in [0, 0.05) is 11.6 Å². The van der Waals surface area contributed by atoms with Gasteiger partial charge in [0.25, 0.3) is 0 Å². The molecule has 1 saturated carbocycles. The Hall–Kier alpha value is -1.63. The first-order valence-corrected chi connectivity index (χ1v) is 6.65. The number of carbonyl (C=O) groups excluding carboxylic acids is 1. The molecule has 2 amide bonds. The zero-order valence-electron chi connectivity index (χ0n) is 9.92. The van der Waals surface area contributed by atoms with Gasteiger partial charge in [-0.3, -0.25) is 0 Å². The molecule has 0 radical (unpaired) electrons.